The summed E-state index contributed by atoms with van der Waals surface area (Å²) in [4.78, 5) is 29.9. The van der Waals surface area contributed by atoms with E-state index < -0.39 is 23.6 Å². The van der Waals surface area contributed by atoms with Crippen molar-refractivity contribution < 1.29 is 22.8 Å². The number of hydrogen-bond donors (Lipinski definition) is 1. The number of hydrogen-bond acceptors (Lipinski definition) is 3. The van der Waals surface area contributed by atoms with Gasteiger partial charge in [-0.2, -0.15) is 13.2 Å². The van der Waals surface area contributed by atoms with Crippen LogP contribution in [0, 0.1) is 5.92 Å². The predicted molar refractivity (Wildman–Crippen MR) is 87.8 cm³/mol. The molecule has 0 bridgehead atoms. The van der Waals surface area contributed by atoms with Crippen molar-refractivity contribution in [2.75, 3.05) is 11.9 Å². The summed E-state index contributed by atoms with van der Waals surface area (Å²) in [5, 5.41) is 2.32. The van der Waals surface area contributed by atoms with Gasteiger partial charge < -0.3 is 10.2 Å². The highest BCUT2D eigenvalue weighted by Crippen LogP contribution is 2.35. The number of anilines is 1. The van der Waals surface area contributed by atoms with Crippen LogP contribution in [-0.4, -0.2) is 28.2 Å². The molecule has 0 radical (unpaired) electrons. The second-order valence-electron chi connectivity index (χ2n) is 6.06. The van der Waals surface area contributed by atoms with Crippen LogP contribution >= 0.6 is 0 Å². The Hall–Kier alpha value is -2.90. The number of halogens is 3. The van der Waals surface area contributed by atoms with E-state index >= 15 is 0 Å². The van der Waals surface area contributed by atoms with Gasteiger partial charge >= 0.3 is 6.18 Å². The highest BCUT2D eigenvalue weighted by atomic mass is 19.4. The van der Waals surface area contributed by atoms with Gasteiger partial charge in [-0.15, -0.1) is 0 Å². The van der Waals surface area contributed by atoms with Crippen LogP contribution in [0.5, 0.6) is 0 Å². The summed E-state index contributed by atoms with van der Waals surface area (Å²) in [6, 6.07) is 8.31. The van der Waals surface area contributed by atoms with Crippen molar-refractivity contribution in [3.05, 3.63) is 59.9 Å². The number of rotatable bonds is 4. The molecule has 2 heterocycles. The van der Waals surface area contributed by atoms with Gasteiger partial charge in [0.1, 0.15) is 0 Å². The Morgan fingerprint density at radius 3 is 2.58 bits per heavy atom. The van der Waals surface area contributed by atoms with E-state index in [0.29, 0.717) is 6.54 Å². The maximum atomic E-state index is 13.0. The van der Waals surface area contributed by atoms with Crippen molar-refractivity contribution in [2.24, 2.45) is 5.92 Å². The number of para-hydroxylation sites is 1. The fourth-order valence-electron chi connectivity index (χ4n) is 2.88. The molecule has 1 aromatic heterocycles. The summed E-state index contributed by atoms with van der Waals surface area (Å²) >= 11 is 0. The first kappa shape index (κ1) is 17.9. The number of alkyl halides is 3. The molecule has 2 aromatic rings. The molecule has 2 amide bonds. The average molecular weight is 363 g/mol. The third kappa shape index (κ3) is 4.01. The number of pyridine rings is 1. The SMILES string of the molecule is O=C(Nc1ccccc1C(F)(F)F)C1CC(=O)N(Cc2ccncc2)C1. The summed E-state index contributed by atoms with van der Waals surface area (Å²) in [6.07, 6.45) is -1.38. The van der Waals surface area contributed by atoms with Crippen LogP contribution in [0.25, 0.3) is 0 Å². The molecular weight excluding hydrogens is 347 g/mol. The molecule has 0 spiro atoms. The molecule has 1 aliphatic heterocycles. The summed E-state index contributed by atoms with van der Waals surface area (Å²) in [5.41, 5.74) is -0.340. The van der Waals surface area contributed by atoms with Crippen LogP contribution in [0.2, 0.25) is 0 Å². The Morgan fingerprint density at radius 1 is 1.19 bits per heavy atom. The minimum Gasteiger partial charge on any atom is -0.338 e. The van der Waals surface area contributed by atoms with Gasteiger partial charge in [0.05, 0.1) is 17.2 Å². The molecule has 0 aliphatic carbocycles. The number of nitrogens with zero attached hydrogens (tertiary/aromatic N) is 2. The standard InChI is InChI=1S/C18H16F3N3O2/c19-18(20,21)14-3-1-2-4-15(14)23-17(26)13-9-16(25)24(11-13)10-12-5-7-22-8-6-12/h1-8,13H,9-11H2,(H,23,26). The van der Waals surface area contributed by atoms with Gasteiger partial charge in [-0.05, 0) is 29.8 Å². The lowest BCUT2D eigenvalue weighted by Crippen LogP contribution is -2.28. The van der Waals surface area contributed by atoms with E-state index in [2.05, 4.69) is 10.3 Å². The molecule has 1 aliphatic rings. The molecule has 1 N–H and O–H groups in total. The Labute approximate surface area is 147 Å². The summed E-state index contributed by atoms with van der Waals surface area (Å²) in [7, 11) is 0. The lowest BCUT2D eigenvalue weighted by Gasteiger charge is -2.17. The number of benzene rings is 1. The van der Waals surface area contributed by atoms with Crippen molar-refractivity contribution in [1.29, 1.82) is 0 Å². The molecule has 26 heavy (non-hydrogen) atoms. The first-order valence-electron chi connectivity index (χ1n) is 7.98. The van der Waals surface area contributed by atoms with Crippen LogP contribution in [-0.2, 0) is 22.3 Å². The lowest BCUT2D eigenvalue weighted by atomic mass is 10.1. The van der Waals surface area contributed by atoms with Gasteiger partial charge in [0, 0.05) is 31.9 Å². The summed E-state index contributed by atoms with van der Waals surface area (Å²) < 4.78 is 39.1. The average Bonchev–Trinajstić information content (AvgIpc) is 2.96. The van der Waals surface area contributed by atoms with E-state index in [-0.39, 0.29) is 24.6 Å². The zero-order chi connectivity index (χ0) is 18.7. The van der Waals surface area contributed by atoms with Crippen molar-refractivity contribution >= 4 is 17.5 Å². The second-order valence-corrected chi connectivity index (χ2v) is 6.06. The van der Waals surface area contributed by atoms with Gasteiger partial charge in [0.2, 0.25) is 11.8 Å². The third-order valence-electron chi connectivity index (χ3n) is 4.20. The van der Waals surface area contributed by atoms with Crippen molar-refractivity contribution in [3.8, 4) is 0 Å². The minimum atomic E-state index is -4.57. The molecule has 1 aromatic carbocycles. The highest BCUT2D eigenvalue weighted by molar-refractivity contribution is 5.97. The fraction of sp³-hybridized carbons (Fsp3) is 0.278. The van der Waals surface area contributed by atoms with E-state index in [4.69, 9.17) is 0 Å². The molecule has 1 saturated heterocycles. The van der Waals surface area contributed by atoms with Crippen LogP contribution < -0.4 is 5.32 Å². The number of aromatic nitrogens is 1. The summed E-state index contributed by atoms with van der Waals surface area (Å²) in [5.74, 6) is -1.48. The van der Waals surface area contributed by atoms with Crippen LogP contribution in [0.15, 0.2) is 48.8 Å². The lowest BCUT2D eigenvalue weighted by molar-refractivity contribution is -0.137. The van der Waals surface area contributed by atoms with Crippen molar-refractivity contribution in [1.82, 2.24) is 9.88 Å². The van der Waals surface area contributed by atoms with Gasteiger partial charge in [0.15, 0.2) is 0 Å². The largest absolute Gasteiger partial charge is 0.418 e. The Bertz CT molecular complexity index is 809. The maximum absolute atomic E-state index is 13.0. The molecule has 5 nitrogen and oxygen atoms in total. The van der Waals surface area contributed by atoms with Crippen LogP contribution in [0.4, 0.5) is 18.9 Å². The molecule has 0 saturated carbocycles. The first-order valence-corrected chi connectivity index (χ1v) is 7.98. The van der Waals surface area contributed by atoms with Crippen LogP contribution in [0.3, 0.4) is 0 Å². The minimum absolute atomic E-state index is 0.0227. The predicted octanol–water partition coefficient (Wildman–Crippen LogP) is 3.09. The zero-order valence-corrected chi connectivity index (χ0v) is 13.7. The quantitative estimate of drug-likeness (QED) is 0.908. The second kappa shape index (κ2) is 7.15. The van der Waals surface area contributed by atoms with E-state index in [1.54, 1.807) is 24.5 Å². The Morgan fingerprint density at radius 2 is 1.88 bits per heavy atom. The number of likely N-dealkylation sites (tertiary alicyclic amines) is 1. The normalized spacial score (nSPS) is 17.4. The topological polar surface area (TPSA) is 62.3 Å². The molecule has 3 rings (SSSR count). The smallest absolute Gasteiger partial charge is 0.338 e. The fourth-order valence-corrected chi connectivity index (χ4v) is 2.88. The number of carbonyl (C=O) groups excluding carboxylic acids is 2. The van der Waals surface area contributed by atoms with Gasteiger partial charge in [-0.3, -0.25) is 14.6 Å². The number of nitrogens with one attached hydrogen (secondary N) is 1. The molecule has 8 heteroatoms. The maximum Gasteiger partial charge on any atom is 0.418 e. The van der Waals surface area contributed by atoms with Gasteiger partial charge in [-0.25, -0.2) is 0 Å². The van der Waals surface area contributed by atoms with E-state index in [1.807, 2.05) is 0 Å². The number of amides is 2. The van der Waals surface area contributed by atoms with Crippen molar-refractivity contribution in [3.63, 3.8) is 0 Å². The first-order chi connectivity index (χ1) is 12.3. The molecule has 1 atom stereocenters. The Balaban J connectivity index is 1.68. The van der Waals surface area contributed by atoms with Crippen LogP contribution in [0.1, 0.15) is 17.5 Å². The van der Waals surface area contributed by atoms with Gasteiger partial charge in [0.25, 0.3) is 0 Å². The summed E-state index contributed by atoms with van der Waals surface area (Å²) in [6.45, 7) is 0.505. The molecule has 1 fully saturated rings. The number of carbonyl (C=O) groups is 2. The molecular formula is C18H16F3N3O2. The zero-order valence-electron chi connectivity index (χ0n) is 13.7. The van der Waals surface area contributed by atoms with Crippen molar-refractivity contribution in [2.45, 2.75) is 19.1 Å². The van der Waals surface area contributed by atoms with E-state index in [1.165, 1.54) is 23.1 Å². The van der Waals surface area contributed by atoms with Gasteiger partial charge in [-0.1, -0.05) is 12.1 Å². The third-order valence-corrected chi connectivity index (χ3v) is 4.20. The van der Waals surface area contributed by atoms with E-state index in [0.717, 1.165) is 11.6 Å². The monoisotopic (exact) mass is 363 g/mol. The van der Waals surface area contributed by atoms with E-state index in [9.17, 15) is 22.8 Å². The Kier molecular flexibility index (Phi) is 4.92. The highest BCUT2D eigenvalue weighted by Gasteiger charge is 2.37. The molecule has 1 unspecified atom stereocenters. The molecule has 136 valence electrons.